The lowest BCUT2D eigenvalue weighted by Crippen LogP contribution is -2.29. The van der Waals surface area contributed by atoms with E-state index in [1.54, 1.807) is 41.6 Å². The molecule has 2 aromatic carbocycles. The van der Waals surface area contributed by atoms with Crippen molar-refractivity contribution in [2.45, 2.75) is 19.3 Å². The number of likely N-dealkylation sites (N-methyl/N-ethyl adjacent to an activating group) is 1. The molecule has 168 valence electrons. The van der Waals surface area contributed by atoms with Gasteiger partial charge in [0.1, 0.15) is 11.5 Å². The Morgan fingerprint density at radius 3 is 2.55 bits per heavy atom. The van der Waals surface area contributed by atoms with Crippen LogP contribution in [0.1, 0.15) is 28.2 Å². The van der Waals surface area contributed by atoms with Gasteiger partial charge >= 0.3 is 0 Å². The molecular weight excluding hydrogens is 436 g/mol. The van der Waals surface area contributed by atoms with E-state index < -0.39 is 0 Å². The third-order valence-electron chi connectivity index (χ3n) is 5.11. The molecule has 4 rings (SSSR count). The summed E-state index contributed by atoms with van der Waals surface area (Å²) in [7, 11) is 1.78. The van der Waals surface area contributed by atoms with Crippen LogP contribution in [0, 0.1) is 0 Å². The van der Waals surface area contributed by atoms with Crippen LogP contribution in [0.5, 0.6) is 0 Å². The topological polar surface area (TPSA) is 88.3 Å². The molecule has 0 spiro atoms. The van der Waals surface area contributed by atoms with Crippen LogP contribution in [0.15, 0.2) is 76.6 Å². The standard InChI is InChI=1S/C25H24N4O3S/c1-29(14-8-13-21-16-22(28-32-21)18-9-4-2-5-10-18)23(30)15-20-17-33-25(26-20)27-24(31)19-11-6-3-7-12-19/h2-7,9-12,16-17H,8,13-15H2,1H3,(H,26,27,31). The second-order valence-corrected chi connectivity index (χ2v) is 8.46. The van der Waals surface area contributed by atoms with Crippen molar-refractivity contribution in [1.82, 2.24) is 15.0 Å². The number of rotatable bonds is 9. The molecule has 0 atom stereocenters. The van der Waals surface area contributed by atoms with E-state index in [1.165, 1.54) is 11.3 Å². The Labute approximate surface area is 196 Å². The summed E-state index contributed by atoms with van der Waals surface area (Å²) in [6.45, 7) is 0.599. The summed E-state index contributed by atoms with van der Waals surface area (Å²) in [5.41, 5.74) is 3.03. The van der Waals surface area contributed by atoms with Crippen LogP contribution in [0.4, 0.5) is 5.13 Å². The van der Waals surface area contributed by atoms with Crippen molar-refractivity contribution in [1.29, 1.82) is 0 Å². The zero-order valence-corrected chi connectivity index (χ0v) is 19.0. The molecule has 7 nitrogen and oxygen atoms in total. The fraction of sp³-hybridized carbons (Fsp3) is 0.200. The summed E-state index contributed by atoms with van der Waals surface area (Å²) in [6.07, 6.45) is 1.65. The molecule has 33 heavy (non-hydrogen) atoms. The van der Waals surface area contributed by atoms with Crippen LogP contribution in [-0.2, 0) is 17.6 Å². The van der Waals surface area contributed by atoms with E-state index in [0.29, 0.717) is 29.4 Å². The van der Waals surface area contributed by atoms with Crippen molar-refractivity contribution in [3.63, 3.8) is 0 Å². The molecule has 0 bridgehead atoms. The van der Waals surface area contributed by atoms with Gasteiger partial charge in [-0.05, 0) is 18.6 Å². The number of aromatic nitrogens is 2. The average molecular weight is 461 g/mol. The highest BCUT2D eigenvalue weighted by Crippen LogP contribution is 2.20. The third kappa shape index (κ3) is 6.14. The molecular formula is C25H24N4O3S. The zero-order valence-electron chi connectivity index (χ0n) is 18.2. The van der Waals surface area contributed by atoms with Gasteiger partial charge in [-0.15, -0.1) is 11.3 Å². The van der Waals surface area contributed by atoms with Gasteiger partial charge in [-0.2, -0.15) is 0 Å². The van der Waals surface area contributed by atoms with E-state index in [0.717, 1.165) is 23.4 Å². The van der Waals surface area contributed by atoms with Crippen molar-refractivity contribution in [2.75, 3.05) is 18.9 Å². The minimum absolute atomic E-state index is 0.0243. The lowest BCUT2D eigenvalue weighted by atomic mass is 10.1. The molecule has 0 aliphatic heterocycles. The third-order valence-corrected chi connectivity index (χ3v) is 5.92. The van der Waals surface area contributed by atoms with Gasteiger partial charge in [-0.25, -0.2) is 4.98 Å². The summed E-state index contributed by atoms with van der Waals surface area (Å²) >= 11 is 1.31. The number of carbonyl (C=O) groups excluding carboxylic acids is 2. The van der Waals surface area contributed by atoms with E-state index >= 15 is 0 Å². The highest BCUT2D eigenvalue weighted by molar-refractivity contribution is 7.14. The molecule has 0 aliphatic rings. The number of nitrogens with zero attached hydrogens (tertiary/aromatic N) is 3. The normalized spacial score (nSPS) is 10.7. The number of carbonyl (C=O) groups is 2. The van der Waals surface area contributed by atoms with Gasteiger partial charge < -0.3 is 9.42 Å². The molecule has 0 saturated carbocycles. The largest absolute Gasteiger partial charge is 0.361 e. The van der Waals surface area contributed by atoms with Crippen LogP contribution < -0.4 is 5.32 Å². The fourth-order valence-corrected chi connectivity index (χ4v) is 3.99. The monoisotopic (exact) mass is 460 g/mol. The van der Waals surface area contributed by atoms with Crippen LogP contribution in [0.2, 0.25) is 0 Å². The average Bonchev–Trinajstić information content (AvgIpc) is 3.50. The van der Waals surface area contributed by atoms with Gasteiger partial charge in [0.25, 0.3) is 5.91 Å². The maximum atomic E-state index is 12.6. The van der Waals surface area contributed by atoms with E-state index in [1.807, 2.05) is 42.5 Å². The van der Waals surface area contributed by atoms with Gasteiger partial charge in [0.2, 0.25) is 5.91 Å². The van der Waals surface area contributed by atoms with Crippen LogP contribution in [0.25, 0.3) is 11.3 Å². The highest BCUT2D eigenvalue weighted by atomic mass is 32.1. The maximum Gasteiger partial charge on any atom is 0.257 e. The zero-order chi connectivity index (χ0) is 23.0. The molecule has 2 heterocycles. The van der Waals surface area contributed by atoms with Gasteiger partial charge in [-0.1, -0.05) is 53.7 Å². The first-order chi connectivity index (χ1) is 16.1. The van der Waals surface area contributed by atoms with Crippen LogP contribution in [-0.4, -0.2) is 40.4 Å². The van der Waals surface area contributed by atoms with E-state index in [-0.39, 0.29) is 18.2 Å². The number of anilines is 1. The molecule has 0 radical (unpaired) electrons. The molecule has 0 saturated heterocycles. The second kappa shape index (κ2) is 10.7. The van der Waals surface area contributed by atoms with E-state index in [9.17, 15) is 9.59 Å². The molecule has 0 unspecified atom stereocenters. The summed E-state index contributed by atoms with van der Waals surface area (Å²) in [5.74, 6) is 0.555. The number of hydrogen-bond acceptors (Lipinski definition) is 6. The Hall–Kier alpha value is -3.78. The Balaban J connectivity index is 1.22. The summed E-state index contributed by atoms with van der Waals surface area (Å²) in [4.78, 5) is 30.9. The summed E-state index contributed by atoms with van der Waals surface area (Å²) in [5, 5.41) is 9.18. The Morgan fingerprint density at radius 1 is 1.06 bits per heavy atom. The van der Waals surface area contributed by atoms with Gasteiger partial charge in [-0.3, -0.25) is 14.9 Å². The molecule has 0 fully saturated rings. The molecule has 0 aliphatic carbocycles. The summed E-state index contributed by atoms with van der Waals surface area (Å²) in [6, 6.07) is 20.8. The number of benzene rings is 2. The minimum atomic E-state index is -0.220. The number of aryl methyl sites for hydroxylation is 1. The number of amides is 2. The van der Waals surface area contributed by atoms with Crippen LogP contribution in [0.3, 0.4) is 0 Å². The lowest BCUT2D eigenvalue weighted by molar-refractivity contribution is -0.129. The maximum absolute atomic E-state index is 12.6. The van der Waals surface area contributed by atoms with Crippen LogP contribution >= 0.6 is 11.3 Å². The lowest BCUT2D eigenvalue weighted by Gasteiger charge is -2.16. The van der Waals surface area contributed by atoms with Gasteiger partial charge in [0, 0.05) is 42.6 Å². The first kappa shape index (κ1) is 22.4. The summed E-state index contributed by atoms with van der Waals surface area (Å²) < 4.78 is 5.43. The number of hydrogen-bond donors (Lipinski definition) is 1. The SMILES string of the molecule is CN(CCCc1cc(-c2ccccc2)no1)C(=O)Cc1csc(NC(=O)c2ccccc2)n1. The van der Waals surface area contributed by atoms with E-state index in [2.05, 4.69) is 15.5 Å². The molecule has 1 N–H and O–H groups in total. The Morgan fingerprint density at radius 2 is 1.79 bits per heavy atom. The highest BCUT2D eigenvalue weighted by Gasteiger charge is 2.14. The number of thiazole rings is 1. The molecule has 4 aromatic rings. The van der Waals surface area contributed by atoms with Crippen molar-refractivity contribution >= 4 is 28.3 Å². The number of nitrogens with one attached hydrogen (secondary N) is 1. The van der Waals surface area contributed by atoms with Crippen molar-refractivity contribution < 1.29 is 14.1 Å². The van der Waals surface area contributed by atoms with Crippen molar-refractivity contribution in [3.8, 4) is 11.3 Å². The van der Waals surface area contributed by atoms with Gasteiger partial charge in [0.05, 0.1) is 12.1 Å². The predicted molar refractivity (Wildman–Crippen MR) is 128 cm³/mol. The molecule has 2 amide bonds. The minimum Gasteiger partial charge on any atom is -0.361 e. The van der Waals surface area contributed by atoms with Gasteiger partial charge in [0.15, 0.2) is 5.13 Å². The predicted octanol–water partition coefficient (Wildman–Crippen LogP) is 4.68. The Bertz CT molecular complexity index is 1200. The smallest absolute Gasteiger partial charge is 0.257 e. The molecule has 2 aromatic heterocycles. The second-order valence-electron chi connectivity index (χ2n) is 7.60. The quantitative estimate of drug-likeness (QED) is 0.392. The Kier molecular flexibility index (Phi) is 7.26. The van der Waals surface area contributed by atoms with Crippen molar-refractivity contribution in [3.05, 3.63) is 89.1 Å². The first-order valence-electron chi connectivity index (χ1n) is 10.6. The van der Waals surface area contributed by atoms with Crippen molar-refractivity contribution in [2.24, 2.45) is 0 Å². The molecule has 8 heteroatoms. The van der Waals surface area contributed by atoms with E-state index in [4.69, 9.17) is 4.52 Å². The fourth-order valence-electron chi connectivity index (χ4n) is 3.29. The first-order valence-corrected chi connectivity index (χ1v) is 11.5.